The van der Waals surface area contributed by atoms with Crippen LogP contribution in [0.1, 0.15) is 13.8 Å². The summed E-state index contributed by atoms with van der Waals surface area (Å²) in [6.45, 7) is 4.80. The van der Waals surface area contributed by atoms with Crippen molar-refractivity contribution in [3.05, 3.63) is 0 Å². The van der Waals surface area contributed by atoms with Gasteiger partial charge in [-0.3, -0.25) is 9.69 Å². The molecule has 5 heteroatoms. The summed E-state index contributed by atoms with van der Waals surface area (Å²) in [6, 6.07) is -0.471. The number of likely N-dealkylation sites (N-methyl/N-ethyl adjacent to an activating group) is 1. The quantitative estimate of drug-likeness (QED) is 0.708. The number of nitrogens with one attached hydrogen (secondary N) is 1. The molecule has 0 aliphatic carbocycles. The average Bonchev–Trinajstić information content (AvgIpc) is 2.44. The Kier molecular flexibility index (Phi) is 3.33. The first-order valence-corrected chi connectivity index (χ1v) is 4.69. The minimum absolute atomic E-state index is 0.146. The van der Waals surface area contributed by atoms with E-state index in [-0.39, 0.29) is 12.5 Å². The molecule has 2 amide bonds. The molecule has 0 radical (unpaired) electrons. The Bertz CT molecular complexity index is 240. The molecule has 5 nitrogen and oxygen atoms in total. The van der Waals surface area contributed by atoms with E-state index in [2.05, 4.69) is 5.32 Å². The van der Waals surface area contributed by atoms with Crippen LogP contribution in [0.25, 0.3) is 0 Å². The van der Waals surface area contributed by atoms with E-state index >= 15 is 0 Å². The molecule has 14 heavy (non-hydrogen) atoms. The highest BCUT2D eigenvalue weighted by atomic mass is 16.6. The third kappa shape index (κ3) is 2.37. The first-order valence-electron chi connectivity index (χ1n) is 4.69. The summed E-state index contributed by atoms with van der Waals surface area (Å²) in [5.41, 5.74) is 0. The van der Waals surface area contributed by atoms with Gasteiger partial charge >= 0.3 is 6.09 Å². The van der Waals surface area contributed by atoms with Crippen molar-refractivity contribution in [3.8, 4) is 0 Å². The van der Waals surface area contributed by atoms with Crippen LogP contribution in [0.4, 0.5) is 4.79 Å². The van der Waals surface area contributed by atoms with Crippen molar-refractivity contribution >= 4 is 12.0 Å². The summed E-state index contributed by atoms with van der Waals surface area (Å²) in [5.74, 6) is 0.259. The van der Waals surface area contributed by atoms with Crippen LogP contribution in [0.15, 0.2) is 0 Å². The Balaban J connectivity index is 2.41. The van der Waals surface area contributed by atoms with E-state index in [0.717, 1.165) is 0 Å². The number of ether oxygens (including phenoxy) is 1. The van der Waals surface area contributed by atoms with Crippen molar-refractivity contribution in [1.82, 2.24) is 10.2 Å². The number of carbonyl (C=O) groups excluding carboxylic acids is 2. The summed E-state index contributed by atoms with van der Waals surface area (Å²) >= 11 is 0. The Morgan fingerprint density at radius 3 is 2.79 bits per heavy atom. The largest absolute Gasteiger partial charge is 0.447 e. The van der Waals surface area contributed by atoms with E-state index in [1.807, 2.05) is 13.8 Å². The molecule has 0 spiro atoms. The smallest absolute Gasteiger partial charge is 0.410 e. The minimum atomic E-state index is -0.471. The van der Waals surface area contributed by atoms with Gasteiger partial charge in [-0.1, -0.05) is 13.8 Å². The monoisotopic (exact) mass is 200 g/mol. The second kappa shape index (κ2) is 4.30. The number of hydrogen-bond donors (Lipinski definition) is 1. The predicted molar refractivity (Wildman–Crippen MR) is 50.7 cm³/mol. The molecule has 0 aromatic carbocycles. The summed E-state index contributed by atoms with van der Waals surface area (Å²) in [7, 11) is 1.56. The maximum absolute atomic E-state index is 11.5. The molecule has 1 unspecified atom stereocenters. The maximum Gasteiger partial charge on any atom is 0.410 e. The zero-order valence-electron chi connectivity index (χ0n) is 8.74. The third-order valence-electron chi connectivity index (χ3n) is 2.11. The molecule has 1 aliphatic rings. The number of rotatable bonds is 3. The second-order valence-corrected chi connectivity index (χ2v) is 3.84. The maximum atomic E-state index is 11.5. The Morgan fingerprint density at radius 1 is 1.71 bits per heavy atom. The van der Waals surface area contributed by atoms with Gasteiger partial charge in [0.1, 0.15) is 12.6 Å². The highest BCUT2D eigenvalue weighted by Crippen LogP contribution is 2.09. The third-order valence-corrected chi connectivity index (χ3v) is 2.11. The van der Waals surface area contributed by atoms with Gasteiger partial charge in [-0.15, -0.1) is 0 Å². The fourth-order valence-electron chi connectivity index (χ4n) is 1.17. The topological polar surface area (TPSA) is 58.6 Å². The molecule has 1 N–H and O–H groups in total. The van der Waals surface area contributed by atoms with Crippen LogP contribution in [0.2, 0.25) is 0 Å². The van der Waals surface area contributed by atoms with Crippen molar-refractivity contribution in [2.24, 2.45) is 5.92 Å². The van der Waals surface area contributed by atoms with Crippen LogP contribution < -0.4 is 5.32 Å². The Hall–Kier alpha value is -1.26. The minimum Gasteiger partial charge on any atom is -0.447 e. The Labute approximate surface area is 83.4 Å². The van der Waals surface area contributed by atoms with Crippen LogP contribution >= 0.6 is 0 Å². The molecule has 0 aromatic rings. The average molecular weight is 200 g/mol. The molecule has 0 bridgehead atoms. The summed E-state index contributed by atoms with van der Waals surface area (Å²) in [5, 5.41) is 2.76. The highest BCUT2D eigenvalue weighted by Gasteiger charge is 2.34. The molecule has 0 aromatic heterocycles. The van der Waals surface area contributed by atoms with E-state index in [9.17, 15) is 9.59 Å². The van der Waals surface area contributed by atoms with Gasteiger partial charge < -0.3 is 10.1 Å². The number of cyclic esters (lactones) is 1. The zero-order valence-corrected chi connectivity index (χ0v) is 8.74. The van der Waals surface area contributed by atoms with Crippen molar-refractivity contribution in [1.29, 1.82) is 0 Å². The van der Waals surface area contributed by atoms with Crippen molar-refractivity contribution in [2.75, 3.05) is 20.2 Å². The van der Waals surface area contributed by atoms with Crippen molar-refractivity contribution in [2.45, 2.75) is 19.9 Å². The standard InChI is InChI=1S/C9H16N2O3/c1-6(2)4-10-8(12)7-5-14-9(13)11(7)3/h6-7H,4-5H2,1-3H3,(H,10,12). The molecule has 1 atom stereocenters. The molecule has 1 rings (SSSR count). The number of nitrogens with zero attached hydrogens (tertiary/aromatic N) is 1. The van der Waals surface area contributed by atoms with Gasteiger partial charge in [0.25, 0.3) is 0 Å². The SMILES string of the molecule is CC(C)CNC(=O)C1COC(=O)N1C. The van der Waals surface area contributed by atoms with Gasteiger partial charge in [-0.2, -0.15) is 0 Å². The lowest BCUT2D eigenvalue weighted by Gasteiger charge is -2.16. The zero-order chi connectivity index (χ0) is 10.7. The first-order chi connectivity index (χ1) is 6.52. The molecule has 1 heterocycles. The number of carbonyl (C=O) groups is 2. The van der Waals surface area contributed by atoms with E-state index in [0.29, 0.717) is 12.5 Å². The fraction of sp³-hybridized carbons (Fsp3) is 0.778. The number of hydrogen-bond acceptors (Lipinski definition) is 3. The predicted octanol–water partition coefficient (Wildman–Crippen LogP) is 0.209. The lowest BCUT2D eigenvalue weighted by Crippen LogP contribution is -2.44. The van der Waals surface area contributed by atoms with Gasteiger partial charge in [-0.05, 0) is 5.92 Å². The molecular weight excluding hydrogens is 184 g/mol. The van der Waals surface area contributed by atoms with Gasteiger partial charge in [0.2, 0.25) is 5.91 Å². The second-order valence-electron chi connectivity index (χ2n) is 3.84. The van der Waals surface area contributed by atoms with Gasteiger partial charge in [-0.25, -0.2) is 4.79 Å². The van der Waals surface area contributed by atoms with E-state index < -0.39 is 12.1 Å². The lowest BCUT2D eigenvalue weighted by molar-refractivity contribution is -0.124. The highest BCUT2D eigenvalue weighted by molar-refractivity contribution is 5.87. The molecule has 1 aliphatic heterocycles. The lowest BCUT2D eigenvalue weighted by atomic mass is 10.2. The molecule has 1 saturated heterocycles. The van der Waals surface area contributed by atoms with Crippen LogP contribution in [0.3, 0.4) is 0 Å². The molecular formula is C9H16N2O3. The van der Waals surface area contributed by atoms with E-state index in [4.69, 9.17) is 4.74 Å². The summed E-state index contributed by atoms with van der Waals surface area (Å²) in [6.07, 6.45) is -0.435. The van der Waals surface area contributed by atoms with Crippen LogP contribution in [0, 0.1) is 5.92 Å². The van der Waals surface area contributed by atoms with Gasteiger partial charge in [0.05, 0.1) is 0 Å². The fourth-order valence-corrected chi connectivity index (χ4v) is 1.17. The van der Waals surface area contributed by atoms with Crippen molar-refractivity contribution < 1.29 is 14.3 Å². The summed E-state index contributed by atoms with van der Waals surface area (Å²) < 4.78 is 4.73. The summed E-state index contributed by atoms with van der Waals surface area (Å²) in [4.78, 5) is 23.8. The van der Waals surface area contributed by atoms with Gasteiger partial charge in [0, 0.05) is 13.6 Å². The van der Waals surface area contributed by atoms with E-state index in [1.54, 1.807) is 7.05 Å². The van der Waals surface area contributed by atoms with Crippen LogP contribution in [-0.2, 0) is 9.53 Å². The van der Waals surface area contributed by atoms with Gasteiger partial charge in [0.15, 0.2) is 0 Å². The Morgan fingerprint density at radius 2 is 2.36 bits per heavy atom. The number of amides is 2. The van der Waals surface area contributed by atoms with E-state index in [1.165, 1.54) is 4.90 Å². The van der Waals surface area contributed by atoms with Crippen molar-refractivity contribution in [3.63, 3.8) is 0 Å². The van der Waals surface area contributed by atoms with Crippen LogP contribution in [-0.4, -0.2) is 43.1 Å². The molecule has 80 valence electrons. The van der Waals surface area contributed by atoms with Crippen LogP contribution in [0.5, 0.6) is 0 Å². The molecule has 1 fully saturated rings. The first kappa shape index (κ1) is 10.8. The normalized spacial score (nSPS) is 21.3. The molecule has 0 saturated carbocycles.